The van der Waals surface area contributed by atoms with Crippen LogP contribution in [-0.2, 0) is 15.1 Å². The van der Waals surface area contributed by atoms with Crippen molar-refractivity contribution in [2.24, 2.45) is 0 Å². The van der Waals surface area contributed by atoms with Gasteiger partial charge in [0.2, 0.25) is 5.91 Å². The third-order valence-electron chi connectivity index (χ3n) is 6.26. The van der Waals surface area contributed by atoms with E-state index in [1.807, 2.05) is 31.2 Å². The van der Waals surface area contributed by atoms with Crippen LogP contribution in [0.4, 0.5) is 14.9 Å². The third-order valence-corrected chi connectivity index (χ3v) is 7.49. The Bertz CT molecular complexity index is 1060. The summed E-state index contributed by atoms with van der Waals surface area (Å²) in [6.45, 7) is 4.30. The predicted molar refractivity (Wildman–Crippen MR) is 127 cm³/mol. The van der Waals surface area contributed by atoms with Gasteiger partial charge in [0.05, 0.1) is 5.69 Å². The number of carbonyl (C=O) groups excluding carboxylic acids is 3. The minimum Gasteiger partial charge on any atom is -0.319 e. The van der Waals surface area contributed by atoms with Crippen LogP contribution in [-0.4, -0.2) is 41.1 Å². The van der Waals surface area contributed by atoms with E-state index in [9.17, 15) is 18.8 Å². The van der Waals surface area contributed by atoms with Gasteiger partial charge in [-0.1, -0.05) is 51.0 Å². The van der Waals surface area contributed by atoms with Crippen molar-refractivity contribution in [1.29, 1.82) is 0 Å². The Morgan fingerprint density at radius 2 is 1.91 bits per heavy atom. The van der Waals surface area contributed by atoms with Gasteiger partial charge in [-0.15, -0.1) is 11.8 Å². The van der Waals surface area contributed by atoms with Crippen LogP contribution in [0.25, 0.3) is 0 Å². The number of carbonyl (C=O) groups is 3. The topological polar surface area (TPSA) is 69.7 Å². The lowest BCUT2D eigenvalue weighted by Gasteiger charge is -2.28. The second kappa shape index (κ2) is 9.55. The van der Waals surface area contributed by atoms with Crippen LogP contribution in [0.15, 0.2) is 53.4 Å². The number of hydrogen-bond acceptors (Lipinski definition) is 4. The Balaban J connectivity index is 1.61. The van der Waals surface area contributed by atoms with E-state index < -0.39 is 23.3 Å². The first kappa shape index (κ1) is 23.3. The van der Waals surface area contributed by atoms with Crippen LogP contribution in [0.5, 0.6) is 0 Å². The van der Waals surface area contributed by atoms with E-state index in [4.69, 9.17) is 0 Å². The summed E-state index contributed by atoms with van der Waals surface area (Å²) >= 11 is 1.72. The van der Waals surface area contributed by atoms with Gasteiger partial charge in [0.15, 0.2) is 0 Å². The molecule has 2 heterocycles. The van der Waals surface area contributed by atoms with Gasteiger partial charge in [0.25, 0.3) is 5.91 Å². The largest absolute Gasteiger partial charge is 0.325 e. The number of halogens is 1. The number of benzene rings is 2. The molecule has 0 radical (unpaired) electrons. The fourth-order valence-electron chi connectivity index (χ4n) is 4.42. The molecule has 2 atom stereocenters. The average molecular weight is 470 g/mol. The molecule has 0 aromatic heterocycles. The van der Waals surface area contributed by atoms with Gasteiger partial charge in [-0.3, -0.25) is 14.5 Å². The number of rotatable bonds is 6. The molecule has 2 aromatic carbocycles. The molecule has 1 fully saturated rings. The van der Waals surface area contributed by atoms with E-state index in [0.29, 0.717) is 30.2 Å². The van der Waals surface area contributed by atoms with Crippen LogP contribution in [0, 0.1) is 5.82 Å². The van der Waals surface area contributed by atoms with E-state index in [1.54, 1.807) is 16.7 Å². The summed E-state index contributed by atoms with van der Waals surface area (Å²) in [5, 5.41) is 3.17. The van der Waals surface area contributed by atoms with Crippen LogP contribution in [0.2, 0.25) is 0 Å². The number of thioether (sulfide) groups is 1. The number of amides is 4. The molecule has 6 nitrogen and oxygen atoms in total. The Labute approximate surface area is 197 Å². The molecule has 174 valence electrons. The van der Waals surface area contributed by atoms with Crippen LogP contribution < -0.4 is 10.2 Å². The van der Waals surface area contributed by atoms with E-state index in [2.05, 4.69) is 12.2 Å². The van der Waals surface area contributed by atoms with E-state index in [1.165, 1.54) is 24.3 Å². The van der Waals surface area contributed by atoms with Gasteiger partial charge in [-0.2, -0.15) is 0 Å². The van der Waals surface area contributed by atoms with Gasteiger partial charge in [-0.05, 0) is 42.7 Å². The summed E-state index contributed by atoms with van der Waals surface area (Å²) < 4.78 is 13.5. The maximum atomic E-state index is 13.6. The molecule has 1 saturated heterocycles. The first-order chi connectivity index (χ1) is 15.9. The van der Waals surface area contributed by atoms with Crippen molar-refractivity contribution in [1.82, 2.24) is 10.2 Å². The Hall–Kier alpha value is -2.87. The molecule has 33 heavy (non-hydrogen) atoms. The number of para-hydroxylation sites is 1. The molecule has 0 saturated carbocycles. The predicted octanol–water partition coefficient (Wildman–Crippen LogP) is 4.68. The van der Waals surface area contributed by atoms with Gasteiger partial charge < -0.3 is 10.2 Å². The Kier molecular flexibility index (Phi) is 6.74. The molecule has 0 bridgehead atoms. The number of unbranched alkanes of at least 4 members (excludes halogenated alkanes) is 1. The van der Waals surface area contributed by atoms with Crippen molar-refractivity contribution in [3.8, 4) is 0 Å². The third kappa shape index (κ3) is 4.49. The van der Waals surface area contributed by atoms with Crippen LogP contribution in [0.3, 0.4) is 0 Å². The highest BCUT2D eigenvalue weighted by atomic mass is 32.2. The van der Waals surface area contributed by atoms with Crippen molar-refractivity contribution in [2.45, 2.75) is 55.2 Å². The minimum absolute atomic E-state index is 0.300. The van der Waals surface area contributed by atoms with Gasteiger partial charge in [-0.25, -0.2) is 9.18 Å². The van der Waals surface area contributed by atoms with Crippen molar-refractivity contribution in [3.05, 3.63) is 59.9 Å². The maximum absolute atomic E-state index is 13.6. The molecule has 0 spiro atoms. The standard InChI is InChI=1S/C25H28FN3O3S/c1-3-4-14-25(18-9-11-19(26)12-10-18)23(31)29(24(32)27-25)16-22(30)28-15-13-17(2)33-21-8-6-5-7-20(21)28/h5-12,17H,3-4,13-16H2,1-2H3,(H,27,32)/t17-,25-/m0/s1. The summed E-state index contributed by atoms with van der Waals surface area (Å²) in [6, 6.07) is 12.7. The molecular formula is C25H28FN3O3S. The summed E-state index contributed by atoms with van der Waals surface area (Å²) in [7, 11) is 0. The molecule has 0 aliphatic carbocycles. The van der Waals surface area contributed by atoms with Crippen molar-refractivity contribution < 1.29 is 18.8 Å². The molecule has 2 aliphatic rings. The zero-order valence-electron chi connectivity index (χ0n) is 18.8. The van der Waals surface area contributed by atoms with Crippen molar-refractivity contribution >= 4 is 35.3 Å². The van der Waals surface area contributed by atoms with Gasteiger partial charge >= 0.3 is 6.03 Å². The number of anilines is 1. The molecule has 4 rings (SSSR count). The summed E-state index contributed by atoms with van der Waals surface area (Å²) in [4.78, 5) is 43.6. The number of hydrogen-bond donors (Lipinski definition) is 1. The SMILES string of the molecule is CCCC[C@@]1(c2ccc(F)cc2)NC(=O)N(CC(=O)N2CC[C@H](C)Sc3ccccc32)C1=O. The average Bonchev–Trinajstić information content (AvgIpc) is 2.94. The molecule has 0 unspecified atom stereocenters. The fourth-order valence-corrected chi connectivity index (χ4v) is 5.53. The number of nitrogens with one attached hydrogen (secondary N) is 1. The van der Waals surface area contributed by atoms with Crippen LogP contribution >= 0.6 is 11.8 Å². The Morgan fingerprint density at radius 1 is 1.18 bits per heavy atom. The van der Waals surface area contributed by atoms with Crippen LogP contribution in [0.1, 0.15) is 45.1 Å². The number of imide groups is 1. The lowest BCUT2D eigenvalue weighted by atomic mass is 9.85. The second-order valence-corrected chi connectivity index (χ2v) is 10.0. The second-order valence-electron chi connectivity index (χ2n) is 8.57. The zero-order chi connectivity index (χ0) is 23.6. The lowest BCUT2D eigenvalue weighted by molar-refractivity contribution is -0.135. The number of urea groups is 1. The summed E-state index contributed by atoms with van der Waals surface area (Å²) in [5.74, 6) is -1.18. The monoisotopic (exact) mass is 469 g/mol. The smallest absolute Gasteiger partial charge is 0.319 e. The van der Waals surface area contributed by atoms with E-state index >= 15 is 0 Å². The molecule has 4 amide bonds. The lowest BCUT2D eigenvalue weighted by Crippen LogP contribution is -2.46. The van der Waals surface area contributed by atoms with Gasteiger partial charge in [0.1, 0.15) is 17.9 Å². The summed E-state index contributed by atoms with van der Waals surface area (Å²) in [6.07, 6.45) is 2.71. The highest BCUT2D eigenvalue weighted by Crippen LogP contribution is 2.38. The van der Waals surface area contributed by atoms with Gasteiger partial charge in [0, 0.05) is 16.7 Å². The molecule has 2 aliphatic heterocycles. The quantitative estimate of drug-likeness (QED) is 0.624. The number of fused-ring (bicyclic) bond motifs is 1. The highest BCUT2D eigenvalue weighted by molar-refractivity contribution is 8.00. The normalized spacial score (nSPS) is 22.7. The molecule has 8 heteroatoms. The van der Waals surface area contributed by atoms with E-state index in [0.717, 1.165) is 28.3 Å². The minimum atomic E-state index is -1.29. The fraction of sp³-hybridized carbons (Fsp3) is 0.400. The Morgan fingerprint density at radius 3 is 2.64 bits per heavy atom. The van der Waals surface area contributed by atoms with E-state index in [-0.39, 0.29) is 12.5 Å². The zero-order valence-corrected chi connectivity index (χ0v) is 19.7. The maximum Gasteiger partial charge on any atom is 0.325 e. The first-order valence-electron chi connectivity index (χ1n) is 11.3. The molecular weight excluding hydrogens is 441 g/mol. The molecule has 1 N–H and O–H groups in total. The first-order valence-corrected chi connectivity index (χ1v) is 12.2. The van der Waals surface area contributed by atoms with Crippen molar-refractivity contribution in [3.63, 3.8) is 0 Å². The van der Waals surface area contributed by atoms with Crippen molar-refractivity contribution in [2.75, 3.05) is 18.0 Å². The summed E-state index contributed by atoms with van der Waals surface area (Å²) in [5.41, 5.74) is 0.0398. The number of nitrogens with zero attached hydrogens (tertiary/aromatic N) is 2. The molecule has 2 aromatic rings. The highest BCUT2D eigenvalue weighted by Gasteiger charge is 2.52.